The Bertz CT molecular complexity index is 699. The average Bonchev–Trinajstić information content (AvgIpc) is 2.82. The van der Waals surface area contributed by atoms with Crippen LogP contribution in [0.4, 0.5) is 0 Å². The summed E-state index contributed by atoms with van der Waals surface area (Å²) in [6.45, 7) is 10.0. The standard InChI is InChI=1S/C21H29NO4/c1-5-25-18-8-15(11-23)6-7-17(18)26-12-19(24)22-14-21(4)10-16(22)9-20(2,3)13-21/h6-8,11,16H,5,9-10,12-14H2,1-4H3. The second-order valence-corrected chi connectivity index (χ2v) is 8.78. The first-order valence-electron chi connectivity index (χ1n) is 9.40. The molecule has 1 saturated heterocycles. The number of benzene rings is 1. The summed E-state index contributed by atoms with van der Waals surface area (Å²) in [5.41, 5.74) is 1.01. The van der Waals surface area contributed by atoms with Crippen LogP contribution in [-0.4, -0.2) is 42.9 Å². The molecule has 0 spiro atoms. The summed E-state index contributed by atoms with van der Waals surface area (Å²) in [5.74, 6) is 1.02. The van der Waals surface area contributed by atoms with E-state index in [1.165, 1.54) is 0 Å². The van der Waals surface area contributed by atoms with Gasteiger partial charge in [0.25, 0.3) is 5.91 Å². The van der Waals surface area contributed by atoms with Crippen molar-refractivity contribution in [3.05, 3.63) is 23.8 Å². The molecule has 2 aliphatic rings. The van der Waals surface area contributed by atoms with Crippen molar-refractivity contribution < 1.29 is 19.1 Å². The molecule has 2 atom stereocenters. The minimum atomic E-state index is -0.00643. The molecule has 1 aliphatic carbocycles. The molecule has 142 valence electrons. The number of carbonyl (C=O) groups is 2. The molecule has 5 nitrogen and oxygen atoms in total. The number of ether oxygens (including phenoxy) is 2. The van der Waals surface area contributed by atoms with E-state index in [-0.39, 0.29) is 23.3 Å². The van der Waals surface area contributed by atoms with E-state index in [1.54, 1.807) is 18.2 Å². The lowest BCUT2D eigenvalue weighted by Gasteiger charge is -2.39. The van der Waals surface area contributed by atoms with Gasteiger partial charge in [0.15, 0.2) is 18.1 Å². The highest BCUT2D eigenvalue weighted by Gasteiger charge is 2.50. The van der Waals surface area contributed by atoms with Gasteiger partial charge in [-0.1, -0.05) is 20.8 Å². The van der Waals surface area contributed by atoms with E-state index in [2.05, 4.69) is 20.8 Å². The third-order valence-corrected chi connectivity index (χ3v) is 5.49. The lowest BCUT2D eigenvalue weighted by Crippen LogP contribution is -2.40. The number of aldehydes is 1. The zero-order chi connectivity index (χ0) is 18.9. The Morgan fingerprint density at radius 2 is 2.00 bits per heavy atom. The van der Waals surface area contributed by atoms with Crippen molar-refractivity contribution >= 4 is 12.2 Å². The molecular weight excluding hydrogens is 330 g/mol. The van der Waals surface area contributed by atoms with Crippen LogP contribution in [0, 0.1) is 10.8 Å². The lowest BCUT2D eigenvalue weighted by atomic mass is 9.65. The summed E-state index contributed by atoms with van der Waals surface area (Å²) in [4.78, 5) is 25.8. The van der Waals surface area contributed by atoms with Crippen LogP contribution < -0.4 is 9.47 Å². The molecule has 1 aromatic rings. The van der Waals surface area contributed by atoms with Crippen molar-refractivity contribution in [3.8, 4) is 11.5 Å². The summed E-state index contributed by atoms with van der Waals surface area (Å²) in [7, 11) is 0. The van der Waals surface area contributed by atoms with Crippen molar-refractivity contribution in [2.24, 2.45) is 10.8 Å². The summed E-state index contributed by atoms with van der Waals surface area (Å²) >= 11 is 0. The summed E-state index contributed by atoms with van der Waals surface area (Å²) in [6.07, 6.45) is 4.06. The van der Waals surface area contributed by atoms with Gasteiger partial charge in [-0.2, -0.15) is 0 Å². The van der Waals surface area contributed by atoms with E-state index < -0.39 is 0 Å². The van der Waals surface area contributed by atoms with Crippen LogP contribution >= 0.6 is 0 Å². The Hall–Kier alpha value is -2.04. The first-order chi connectivity index (χ1) is 12.3. The quantitative estimate of drug-likeness (QED) is 0.727. The van der Waals surface area contributed by atoms with Crippen LogP contribution in [0.5, 0.6) is 11.5 Å². The maximum atomic E-state index is 12.8. The van der Waals surface area contributed by atoms with Gasteiger partial charge < -0.3 is 14.4 Å². The minimum absolute atomic E-state index is 0.00643. The minimum Gasteiger partial charge on any atom is -0.490 e. The van der Waals surface area contributed by atoms with Gasteiger partial charge >= 0.3 is 0 Å². The monoisotopic (exact) mass is 359 g/mol. The van der Waals surface area contributed by atoms with Crippen LogP contribution in [0.25, 0.3) is 0 Å². The third kappa shape index (κ3) is 3.87. The number of likely N-dealkylation sites (tertiary alicyclic amines) is 1. The second-order valence-electron chi connectivity index (χ2n) is 8.78. The predicted octanol–water partition coefficient (Wildman–Crippen LogP) is 3.70. The molecule has 0 N–H and O–H groups in total. The average molecular weight is 359 g/mol. The number of fused-ring (bicyclic) bond motifs is 2. The fraction of sp³-hybridized carbons (Fsp3) is 0.619. The maximum absolute atomic E-state index is 12.8. The molecule has 5 heteroatoms. The van der Waals surface area contributed by atoms with Crippen LogP contribution in [0.1, 0.15) is 57.3 Å². The highest BCUT2D eigenvalue weighted by Crippen LogP contribution is 2.52. The van der Waals surface area contributed by atoms with Gasteiger partial charge in [-0.3, -0.25) is 9.59 Å². The van der Waals surface area contributed by atoms with Gasteiger partial charge in [-0.05, 0) is 55.2 Å². The first-order valence-corrected chi connectivity index (χ1v) is 9.40. The molecule has 2 unspecified atom stereocenters. The van der Waals surface area contributed by atoms with E-state index in [1.807, 2.05) is 11.8 Å². The third-order valence-electron chi connectivity index (χ3n) is 5.49. The molecule has 1 saturated carbocycles. The van der Waals surface area contributed by atoms with E-state index in [0.717, 1.165) is 32.1 Å². The van der Waals surface area contributed by atoms with Crippen LogP contribution in [0.2, 0.25) is 0 Å². The van der Waals surface area contributed by atoms with Crippen molar-refractivity contribution in [1.29, 1.82) is 0 Å². The first kappa shape index (κ1) is 18.7. The highest BCUT2D eigenvalue weighted by molar-refractivity contribution is 5.79. The molecule has 2 bridgehead atoms. The fourth-order valence-electron chi connectivity index (χ4n) is 4.96. The number of amides is 1. The van der Waals surface area contributed by atoms with Crippen molar-refractivity contribution in [3.63, 3.8) is 0 Å². The van der Waals surface area contributed by atoms with Crippen molar-refractivity contribution in [1.82, 2.24) is 4.90 Å². The molecule has 2 fully saturated rings. The largest absolute Gasteiger partial charge is 0.490 e. The van der Waals surface area contributed by atoms with Gasteiger partial charge in [0.1, 0.15) is 6.29 Å². The van der Waals surface area contributed by atoms with Gasteiger partial charge in [0.05, 0.1) is 6.61 Å². The van der Waals surface area contributed by atoms with E-state index in [4.69, 9.17) is 9.47 Å². The molecule has 1 aliphatic heterocycles. The summed E-state index contributed by atoms with van der Waals surface area (Å²) in [5, 5.41) is 0. The molecule has 0 radical (unpaired) electrons. The van der Waals surface area contributed by atoms with Gasteiger partial charge in [-0.25, -0.2) is 0 Å². The van der Waals surface area contributed by atoms with E-state index >= 15 is 0 Å². The smallest absolute Gasteiger partial charge is 0.260 e. The van der Waals surface area contributed by atoms with E-state index in [9.17, 15) is 9.59 Å². The number of hydrogen-bond acceptors (Lipinski definition) is 4. The molecule has 3 rings (SSSR count). The Kier molecular flexibility index (Phi) is 5.00. The summed E-state index contributed by atoms with van der Waals surface area (Å²) in [6, 6.07) is 5.31. The molecule has 26 heavy (non-hydrogen) atoms. The van der Waals surface area contributed by atoms with Gasteiger partial charge in [-0.15, -0.1) is 0 Å². The zero-order valence-electron chi connectivity index (χ0n) is 16.2. The Morgan fingerprint density at radius 1 is 1.23 bits per heavy atom. The van der Waals surface area contributed by atoms with Gasteiger partial charge in [0, 0.05) is 18.2 Å². The zero-order valence-corrected chi connectivity index (χ0v) is 16.2. The van der Waals surface area contributed by atoms with Gasteiger partial charge in [0.2, 0.25) is 0 Å². The Labute approximate surface area is 155 Å². The SMILES string of the molecule is CCOc1cc(C=O)ccc1OCC(=O)N1CC2(C)CC1CC(C)(C)C2. The Morgan fingerprint density at radius 3 is 2.69 bits per heavy atom. The number of carbonyl (C=O) groups excluding carboxylic acids is 2. The number of rotatable bonds is 6. The Balaban J connectivity index is 1.67. The predicted molar refractivity (Wildman–Crippen MR) is 99.7 cm³/mol. The molecule has 1 heterocycles. The van der Waals surface area contributed by atoms with Crippen molar-refractivity contribution in [2.45, 2.75) is 53.0 Å². The topological polar surface area (TPSA) is 55.8 Å². The molecule has 1 amide bonds. The van der Waals surface area contributed by atoms with Crippen LogP contribution in [0.3, 0.4) is 0 Å². The van der Waals surface area contributed by atoms with Crippen molar-refractivity contribution in [2.75, 3.05) is 19.8 Å². The normalized spacial score (nSPS) is 26.5. The molecule has 1 aromatic carbocycles. The fourth-order valence-corrected chi connectivity index (χ4v) is 4.96. The maximum Gasteiger partial charge on any atom is 0.260 e. The summed E-state index contributed by atoms with van der Waals surface area (Å²) < 4.78 is 11.3. The molecular formula is C21H29NO4. The van der Waals surface area contributed by atoms with Crippen LogP contribution in [-0.2, 0) is 4.79 Å². The highest BCUT2D eigenvalue weighted by atomic mass is 16.5. The van der Waals surface area contributed by atoms with Crippen LogP contribution in [0.15, 0.2) is 18.2 Å². The molecule has 0 aromatic heterocycles. The number of hydrogen-bond donors (Lipinski definition) is 0. The van der Waals surface area contributed by atoms with E-state index in [0.29, 0.717) is 29.7 Å². The number of nitrogens with zero attached hydrogens (tertiary/aromatic N) is 1. The lowest BCUT2D eigenvalue weighted by molar-refractivity contribution is -0.134. The second kappa shape index (κ2) is 6.93.